The van der Waals surface area contributed by atoms with Gasteiger partial charge in [0.25, 0.3) is 5.91 Å². The Kier molecular flexibility index (Phi) is 5.46. The van der Waals surface area contributed by atoms with E-state index in [1.54, 1.807) is 14.1 Å². The van der Waals surface area contributed by atoms with Gasteiger partial charge in [0.15, 0.2) is 5.69 Å². The first-order chi connectivity index (χ1) is 12.9. The van der Waals surface area contributed by atoms with Crippen LogP contribution in [0.25, 0.3) is 0 Å². The van der Waals surface area contributed by atoms with E-state index in [9.17, 15) is 9.59 Å². The van der Waals surface area contributed by atoms with E-state index in [4.69, 9.17) is 0 Å². The number of rotatable bonds is 4. The highest BCUT2D eigenvalue weighted by molar-refractivity contribution is 5.93. The highest BCUT2D eigenvalue weighted by atomic mass is 16.2. The Morgan fingerprint density at radius 2 is 2.00 bits per heavy atom. The first kappa shape index (κ1) is 18.9. The fourth-order valence-electron chi connectivity index (χ4n) is 3.17. The Morgan fingerprint density at radius 3 is 2.67 bits per heavy atom. The number of anilines is 1. The van der Waals surface area contributed by atoms with E-state index in [0.29, 0.717) is 17.9 Å². The van der Waals surface area contributed by atoms with Crippen LogP contribution in [-0.4, -0.2) is 47.0 Å². The average molecular weight is 370 g/mol. The van der Waals surface area contributed by atoms with Crippen LogP contribution in [0.15, 0.2) is 24.3 Å². The molecule has 3 amide bonds. The number of aryl methyl sites for hydroxylation is 1. The highest BCUT2D eigenvalue weighted by Crippen LogP contribution is 2.22. The highest BCUT2D eigenvalue weighted by Gasteiger charge is 2.26. The van der Waals surface area contributed by atoms with Crippen molar-refractivity contribution in [1.29, 1.82) is 0 Å². The lowest BCUT2D eigenvalue weighted by Gasteiger charge is -2.24. The lowest BCUT2D eigenvalue weighted by atomic mass is 10.1. The van der Waals surface area contributed by atoms with Crippen LogP contribution in [0.2, 0.25) is 0 Å². The lowest BCUT2D eigenvalue weighted by Crippen LogP contribution is -2.34. The van der Waals surface area contributed by atoms with Gasteiger partial charge in [-0.25, -0.2) is 9.78 Å². The summed E-state index contributed by atoms with van der Waals surface area (Å²) < 4.78 is 2.11. The van der Waals surface area contributed by atoms with Gasteiger partial charge >= 0.3 is 6.03 Å². The predicted octanol–water partition coefficient (Wildman–Crippen LogP) is 1.88. The molecular formula is C19H26N6O2. The minimum Gasteiger partial charge on any atom is -0.347 e. The summed E-state index contributed by atoms with van der Waals surface area (Å²) in [6.45, 7) is 6.08. The molecule has 1 aliphatic rings. The summed E-state index contributed by atoms with van der Waals surface area (Å²) in [5, 5.41) is 9.09. The lowest BCUT2D eigenvalue weighted by molar-refractivity contribution is 0.0944. The van der Waals surface area contributed by atoms with Crippen LogP contribution in [0.1, 0.15) is 40.5 Å². The quantitative estimate of drug-likeness (QED) is 0.766. The Bertz CT molecular complexity index is 841. The number of urea groups is 1. The van der Waals surface area contributed by atoms with Crippen LogP contribution in [-0.2, 0) is 13.1 Å². The molecule has 8 nitrogen and oxygen atoms in total. The van der Waals surface area contributed by atoms with E-state index in [1.807, 2.05) is 38.1 Å². The molecule has 0 fully saturated rings. The standard InChI is InChI=1S/C19H26N6O2/c1-12-17-16(22-13(2)25(17)10-9-20-12)18(26)21-11-14-5-7-15(8-6-14)23-19(27)24(3)4/h5-8,12,20H,9-11H2,1-4H3,(H,21,26)(H,23,27). The third-order valence-corrected chi connectivity index (χ3v) is 4.67. The molecule has 2 heterocycles. The predicted molar refractivity (Wildman–Crippen MR) is 104 cm³/mol. The van der Waals surface area contributed by atoms with Gasteiger partial charge in [0, 0.05) is 45.5 Å². The zero-order valence-electron chi connectivity index (χ0n) is 16.2. The van der Waals surface area contributed by atoms with Crippen molar-refractivity contribution in [3.8, 4) is 0 Å². The topological polar surface area (TPSA) is 91.3 Å². The zero-order chi connectivity index (χ0) is 19.6. The molecule has 1 atom stereocenters. The fraction of sp³-hybridized carbons (Fsp3) is 0.421. The molecule has 144 valence electrons. The van der Waals surface area contributed by atoms with Gasteiger partial charge in [-0.1, -0.05) is 12.1 Å². The van der Waals surface area contributed by atoms with E-state index in [1.165, 1.54) is 4.90 Å². The number of fused-ring (bicyclic) bond motifs is 1. The van der Waals surface area contributed by atoms with E-state index in [0.717, 1.165) is 30.2 Å². The SMILES string of the molecule is Cc1nc(C(=O)NCc2ccc(NC(=O)N(C)C)cc2)c2n1CCNC2C. The maximum atomic E-state index is 12.7. The number of hydrogen-bond acceptors (Lipinski definition) is 4. The zero-order valence-corrected chi connectivity index (χ0v) is 16.2. The Hall–Kier alpha value is -2.87. The van der Waals surface area contributed by atoms with Gasteiger partial charge in [-0.15, -0.1) is 0 Å². The van der Waals surface area contributed by atoms with Crippen molar-refractivity contribution in [2.75, 3.05) is 26.0 Å². The van der Waals surface area contributed by atoms with Crippen LogP contribution in [0.3, 0.4) is 0 Å². The van der Waals surface area contributed by atoms with Crippen molar-refractivity contribution >= 4 is 17.6 Å². The molecule has 1 unspecified atom stereocenters. The van der Waals surface area contributed by atoms with Crippen molar-refractivity contribution in [2.24, 2.45) is 0 Å². The maximum Gasteiger partial charge on any atom is 0.321 e. The number of nitrogens with one attached hydrogen (secondary N) is 3. The second kappa shape index (κ2) is 7.79. The van der Waals surface area contributed by atoms with Gasteiger partial charge < -0.3 is 25.4 Å². The first-order valence-electron chi connectivity index (χ1n) is 9.02. The minimum absolute atomic E-state index is 0.0975. The summed E-state index contributed by atoms with van der Waals surface area (Å²) in [5.74, 6) is 0.692. The molecule has 0 aliphatic carbocycles. The molecule has 1 aromatic heterocycles. The Balaban J connectivity index is 1.64. The molecule has 1 aromatic carbocycles. The van der Waals surface area contributed by atoms with E-state index < -0.39 is 0 Å². The van der Waals surface area contributed by atoms with Crippen molar-refractivity contribution < 1.29 is 9.59 Å². The van der Waals surface area contributed by atoms with Gasteiger partial charge in [-0.2, -0.15) is 0 Å². The van der Waals surface area contributed by atoms with E-state index >= 15 is 0 Å². The summed E-state index contributed by atoms with van der Waals surface area (Å²) in [5.41, 5.74) is 3.09. The molecule has 0 saturated carbocycles. The normalized spacial score (nSPS) is 15.8. The Labute approximate surface area is 159 Å². The largest absolute Gasteiger partial charge is 0.347 e. The van der Waals surface area contributed by atoms with Crippen molar-refractivity contribution in [2.45, 2.75) is 33.0 Å². The van der Waals surface area contributed by atoms with Crippen LogP contribution < -0.4 is 16.0 Å². The Morgan fingerprint density at radius 1 is 1.30 bits per heavy atom. The average Bonchev–Trinajstić information content (AvgIpc) is 2.99. The van der Waals surface area contributed by atoms with Crippen LogP contribution >= 0.6 is 0 Å². The third-order valence-electron chi connectivity index (χ3n) is 4.67. The third kappa shape index (κ3) is 4.11. The van der Waals surface area contributed by atoms with Gasteiger partial charge in [0.2, 0.25) is 0 Å². The fourth-order valence-corrected chi connectivity index (χ4v) is 3.17. The molecule has 0 radical (unpaired) electrons. The molecule has 0 saturated heterocycles. The van der Waals surface area contributed by atoms with E-state index in [2.05, 4.69) is 25.5 Å². The molecule has 3 N–H and O–H groups in total. The smallest absolute Gasteiger partial charge is 0.321 e. The summed E-state index contributed by atoms with van der Waals surface area (Å²) in [7, 11) is 3.37. The van der Waals surface area contributed by atoms with Crippen molar-refractivity contribution in [3.05, 3.63) is 47.0 Å². The number of carbonyl (C=O) groups excluding carboxylic acids is 2. The second-order valence-electron chi connectivity index (χ2n) is 6.92. The number of hydrogen-bond donors (Lipinski definition) is 3. The van der Waals surface area contributed by atoms with Gasteiger partial charge in [-0.3, -0.25) is 4.79 Å². The van der Waals surface area contributed by atoms with Gasteiger partial charge in [0.05, 0.1) is 5.69 Å². The monoisotopic (exact) mass is 370 g/mol. The number of amides is 3. The molecule has 2 aromatic rings. The second-order valence-corrected chi connectivity index (χ2v) is 6.92. The molecule has 1 aliphatic heterocycles. The number of benzene rings is 1. The van der Waals surface area contributed by atoms with Crippen LogP contribution in [0.5, 0.6) is 0 Å². The molecule has 27 heavy (non-hydrogen) atoms. The molecule has 3 rings (SSSR count). The van der Waals surface area contributed by atoms with Crippen LogP contribution in [0, 0.1) is 6.92 Å². The number of carbonyl (C=O) groups is 2. The summed E-state index contributed by atoms with van der Waals surface area (Å²) >= 11 is 0. The number of imidazole rings is 1. The number of aromatic nitrogens is 2. The molecule has 0 bridgehead atoms. The van der Waals surface area contributed by atoms with Crippen molar-refractivity contribution in [1.82, 2.24) is 25.1 Å². The molecule has 8 heteroatoms. The van der Waals surface area contributed by atoms with E-state index in [-0.39, 0.29) is 18.0 Å². The van der Waals surface area contributed by atoms with Crippen LogP contribution in [0.4, 0.5) is 10.5 Å². The van der Waals surface area contributed by atoms with Crippen molar-refractivity contribution in [3.63, 3.8) is 0 Å². The van der Waals surface area contributed by atoms with Gasteiger partial charge in [-0.05, 0) is 31.5 Å². The minimum atomic E-state index is -0.182. The number of nitrogens with zero attached hydrogens (tertiary/aromatic N) is 3. The summed E-state index contributed by atoms with van der Waals surface area (Å²) in [4.78, 5) is 30.3. The van der Waals surface area contributed by atoms with Gasteiger partial charge in [0.1, 0.15) is 5.82 Å². The summed E-state index contributed by atoms with van der Waals surface area (Å²) in [6, 6.07) is 7.31. The first-order valence-corrected chi connectivity index (χ1v) is 9.02. The molecule has 0 spiro atoms. The summed E-state index contributed by atoms with van der Waals surface area (Å²) in [6.07, 6.45) is 0. The maximum absolute atomic E-state index is 12.7. The molecular weight excluding hydrogens is 344 g/mol.